The molecule has 1 aliphatic heterocycles. The number of benzene rings is 3. The molecule has 0 saturated carbocycles. The van der Waals surface area contributed by atoms with Crippen molar-refractivity contribution >= 4 is 46.8 Å². The third-order valence-electron chi connectivity index (χ3n) is 5.34. The Labute approximate surface area is 199 Å². The zero-order valence-electron chi connectivity index (χ0n) is 16.6. The Morgan fingerprint density at radius 1 is 1.06 bits per heavy atom. The summed E-state index contributed by atoms with van der Waals surface area (Å²) in [6.45, 7) is 1.33. The van der Waals surface area contributed by atoms with Gasteiger partial charge in [-0.2, -0.15) is 0 Å². The first-order valence-corrected chi connectivity index (χ1v) is 10.9. The van der Waals surface area contributed by atoms with Gasteiger partial charge in [-0.1, -0.05) is 53.0 Å². The fourth-order valence-corrected chi connectivity index (χ4v) is 4.46. The lowest BCUT2D eigenvalue weighted by molar-refractivity contribution is -0.384. The Balaban J connectivity index is 1.56. The van der Waals surface area contributed by atoms with Crippen molar-refractivity contribution in [1.82, 2.24) is 4.90 Å². The van der Waals surface area contributed by atoms with Gasteiger partial charge in [-0.25, -0.2) is 0 Å². The van der Waals surface area contributed by atoms with Crippen molar-refractivity contribution < 1.29 is 14.5 Å². The first-order chi connectivity index (χ1) is 15.4. The normalized spacial score (nSPS) is 15.8. The highest BCUT2D eigenvalue weighted by atomic mass is 35.5. The molecular weight excluding hydrogens is 475 g/mol. The number of carbonyl (C=O) groups excluding carboxylic acids is 1. The van der Waals surface area contributed by atoms with Crippen LogP contribution in [0.3, 0.4) is 0 Å². The Kier molecular flexibility index (Phi) is 6.67. The Bertz CT molecular complexity index is 1160. The summed E-state index contributed by atoms with van der Waals surface area (Å²) in [6, 6.07) is 15.0. The van der Waals surface area contributed by atoms with E-state index in [-0.39, 0.29) is 27.5 Å². The average Bonchev–Trinajstić information content (AvgIpc) is 2.77. The summed E-state index contributed by atoms with van der Waals surface area (Å²) in [5.74, 6) is 0.628. The predicted octanol–water partition coefficient (Wildman–Crippen LogP) is 6.65. The number of nitrogens with zero attached hydrogens (tertiary/aromatic N) is 2. The molecule has 0 N–H and O–H groups in total. The molecule has 1 heterocycles. The highest BCUT2D eigenvalue weighted by Crippen LogP contribution is 2.40. The molecular formula is C23H17Cl3N2O4. The number of nitro groups is 1. The molecule has 0 fully saturated rings. The van der Waals surface area contributed by atoms with Crippen LogP contribution in [-0.2, 0) is 17.8 Å². The minimum atomic E-state index is -0.574. The maximum atomic E-state index is 11.9. The fourth-order valence-electron chi connectivity index (χ4n) is 3.78. The Hall–Kier alpha value is -2.64. The summed E-state index contributed by atoms with van der Waals surface area (Å²) in [6.07, 6.45) is 1.67. The van der Waals surface area contributed by atoms with Gasteiger partial charge in [0.2, 0.25) is 0 Å². The topological polar surface area (TPSA) is 72.7 Å². The molecule has 0 radical (unpaired) electrons. The van der Waals surface area contributed by atoms with Crippen LogP contribution in [0.25, 0.3) is 0 Å². The second-order valence-electron chi connectivity index (χ2n) is 7.39. The van der Waals surface area contributed by atoms with Crippen LogP contribution in [0.1, 0.15) is 22.7 Å². The number of hydrogen-bond donors (Lipinski definition) is 0. The van der Waals surface area contributed by atoms with Gasteiger partial charge in [0.05, 0.1) is 21.0 Å². The molecule has 0 aromatic heterocycles. The lowest BCUT2D eigenvalue weighted by atomic mass is 9.92. The van der Waals surface area contributed by atoms with Gasteiger partial charge in [0.25, 0.3) is 5.69 Å². The summed E-state index contributed by atoms with van der Waals surface area (Å²) >= 11 is 18.3. The van der Waals surface area contributed by atoms with Crippen LogP contribution in [0.2, 0.25) is 15.1 Å². The molecule has 1 atom stereocenters. The number of hydrogen-bond acceptors (Lipinski definition) is 5. The average molecular weight is 492 g/mol. The summed E-state index contributed by atoms with van der Waals surface area (Å²) in [4.78, 5) is 24.4. The maximum Gasteiger partial charge on any atom is 0.272 e. The first kappa shape index (κ1) is 22.6. The van der Waals surface area contributed by atoms with Gasteiger partial charge in [0, 0.05) is 30.2 Å². The van der Waals surface area contributed by atoms with Gasteiger partial charge >= 0.3 is 0 Å². The van der Waals surface area contributed by atoms with Gasteiger partial charge < -0.3 is 9.53 Å². The van der Waals surface area contributed by atoms with E-state index in [9.17, 15) is 14.9 Å². The molecule has 0 aliphatic carbocycles. The van der Waals surface area contributed by atoms with Crippen molar-refractivity contribution in [2.45, 2.75) is 19.0 Å². The zero-order valence-corrected chi connectivity index (χ0v) is 18.9. The number of aldehydes is 1. The molecule has 0 bridgehead atoms. The molecule has 1 unspecified atom stereocenters. The van der Waals surface area contributed by atoms with Crippen LogP contribution in [0.5, 0.6) is 11.5 Å². The predicted molar refractivity (Wildman–Crippen MR) is 124 cm³/mol. The molecule has 0 saturated heterocycles. The molecule has 32 heavy (non-hydrogen) atoms. The molecule has 1 aliphatic rings. The van der Waals surface area contributed by atoms with Crippen LogP contribution in [0, 0.1) is 10.1 Å². The molecule has 0 spiro atoms. The maximum absolute atomic E-state index is 11.9. The van der Waals surface area contributed by atoms with Crippen LogP contribution >= 0.6 is 34.8 Å². The molecule has 3 aromatic rings. The monoisotopic (exact) mass is 490 g/mol. The Morgan fingerprint density at radius 2 is 1.75 bits per heavy atom. The molecule has 4 rings (SSSR count). The van der Waals surface area contributed by atoms with E-state index < -0.39 is 4.92 Å². The van der Waals surface area contributed by atoms with E-state index in [4.69, 9.17) is 39.5 Å². The second-order valence-corrected chi connectivity index (χ2v) is 8.64. The number of carbonyl (C=O) groups is 1. The zero-order chi connectivity index (χ0) is 22.8. The largest absolute Gasteiger partial charge is 0.454 e. The highest BCUT2D eigenvalue weighted by Gasteiger charge is 2.27. The van der Waals surface area contributed by atoms with E-state index in [1.54, 1.807) is 6.07 Å². The van der Waals surface area contributed by atoms with Crippen LogP contribution in [0.15, 0.2) is 54.6 Å². The van der Waals surface area contributed by atoms with E-state index in [0.717, 1.165) is 29.4 Å². The van der Waals surface area contributed by atoms with Gasteiger partial charge in [-0.15, -0.1) is 0 Å². The number of rotatable bonds is 6. The molecule has 0 amide bonds. The van der Waals surface area contributed by atoms with Crippen LogP contribution in [0.4, 0.5) is 5.69 Å². The minimum Gasteiger partial charge on any atom is -0.454 e. The van der Waals surface area contributed by atoms with Crippen molar-refractivity contribution in [2.24, 2.45) is 0 Å². The third kappa shape index (κ3) is 4.74. The van der Waals surface area contributed by atoms with Crippen molar-refractivity contribution in [3.8, 4) is 11.5 Å². The van der Waals surface area contributed by atoms with E-state index in [1.807, 2.05) is 36.4 Å². The van der Waals surface area contributed by atoms with Crippen molar-refractivity contribution in [1.29, 1.82) is 0 Å². The summed E-state index contributed by atoms with van der Waals surface area (Å²) in [7, 11) is 0. The highest BCUT2D eigenvalue weighted by molar-refractivity contribution is 6.37. The van der Waals surface area contributed by atoms with Gasteiger partial charge in [0.1, 0.15) is 12.0 Å². The summed E-state index contributed by atoms with van der Waals surface area (Å²) in [5.41, 5.74) is 2.76. The smallest absolute Gasteiger partial charge is 0.272 e. The number of fused-ring (bicyclic) bond motifs is 1. The molecule has 3 aromatic carbocycles. The van der Waals surface area contributed by atoms with Crippen LogP contribution in [-0.4, -0.2) is 22.7 Å². The number of halogens is 3. The quantitative estimate of drug-likeness (QED) is 0.219. The van der Waals surface area contributed by atoms with E-state index in [2.05, 4.69) is 4.90 Å². The Morgan fingerprint density at radius 3 is 2.38 bits per heavy atom. The van der Waals surface area contributed by atoms with Crippen LogP contribution < -0.4 is 4.74 Å². The lowest BCUT2D eigenvalue weighted by Crippen LogP contribution is -2.35. The molecule has 6 nitrogen and oxygen atoms in total. The lowest BCUT2D eigenvalue weighted by Gasteiger charge is -2.34. The molecule has 9 heteroatoms. The van der Waals surface area contributed by atoms with Gasteiger partial charge in [0.15, 0.2) is 5.75 Å². The van der Waals surface area contributed by atoms with Crippen molar-refractivity contribution in [2.75, 3.05) is 6.54 Å². The standard InChI is InChI=1S/C23H17Cl3N2O4/c24-16-3-1-14(2-4-16)12-27-8-7-15-9-18(5-6-19(15)22(27)13-29)32-23-20(25)10-17(28(30)31)11-21(23)26/h1-6,9-11,13,22H,7-8,12H2. The first-order valence-electron chi connectivity index (χ1n) is 9.73. The minimum absolute atomic E-state index is 0.0434. The second kappa shape index (κ2) is 9.46. The molecule has 164 valence electrons. The SMILES string of the molecule is O=CC1c2ccc(Oc3c(Cl)cc([N+](=O)[O-])cc3Cl)cc2CCN1Cc1ccc(Cl)cc1. The van der Waals surface area contributed by atoms with E-state index in [1.165, 1.54) is 12.1 Å². The van der Waals surface area contributed by atoms with E-state index in [0.29, 0.717) is 23.9 Å². The third-order valence-corrected chi connectivity index (χ3v) is 6.15. The van der Waals surface area contributed by atoms with E-state index >= 15 is 0 Å². The van der Waals surface area contributed by atoms with Crippen molar-refractivity contribution in [3.05, 3.63) is 96.5 Å². The summed E-state index contributed by atoms with van der Waals surface area (Å²) < 4.78 is 5.84. The number of ether oxygens (including phenoxy) is 1. The fraction of sp³-hybridized carbons (Fsp3) is 0.174. The number of non-ortho nitro benzene ring substituents is 1. The summed E-state index contributed by atoms with van der Waals surface area (Å²) in [5, 5.41) is 11.7. The van der Waals surface area contributed by atoms with Gasteiger partial charge in [-0.3, -0.25) is 15.0 Å². The number of nitro benzene ring substituents is 1. The van der Waals surface area contributed by atoms with Crippen molar-refractivity contribution in [3.63, 3.8) is 0 Å². The van der Waals surface area contributed by atoms with Gasteiger partial charge in [-0.05, 0) is 47.4 Å².